The maximum absolute atomic E-state index is 3.57. The minimum absolute atomic E-state index is 0.512. The van der Waals surface area contributed by atoms with Crippen LogP contribution in [0.2, 0.25) is 0 Å². The van der Waals surface area contributed by atoms with Gasteiger partial charge in [0.15, 0.2) is 0 Å². The van der Waals surface area contributed by atoms with Crippen molar-refractivity contribution >= 4 is 11.8 Å². The van der Waals surface area contributed by atoms with Gasteiger partial charge in [0.2, 0.25) is 0 Å². The first kappa shape index (κ1) is 17.4. The maximum atomic E-state index is 3.57. The molecule has 0 aliphatic heterocycles. The van der Waals surface area contributed by atoms with Crippen molar-refractivity contribution in [2.24, 2.45) is 17.3 Å². The summed E-state index contributed by atoms with van der Waals surface area (Å²) >= 11 is 2.23. The lowest BCUT2D eigenvalue weighted by atomic mass is 9.68. The van der Waals surface area contributed by atoms with Crippen LogP contribution in [0.1, 0.15) is 67.2 Å². The first-order valence-electron chi connectivity index (χ1n) is 8.14. The molecule has 1 N–H and O–H groups in total. The number of thioether (sulfide) groups is 1. The Morgan fingerprint density at radius 2 is 1.84 bits per heavy atom. The molecule has 0 aromatic carbocycles. The van der Waals surface area contributed by atoms with Gasteiger partial charge in [-0.15, -0.1) is 0 Å². The molecular formula is C17H35NS. The quantitative estimate of drug-likeness (QED) is 0.740. The van der Waals surface area contributed by atoms with E-state index in [1.165, 1.54) is 25.7 Å². The SMILES string of the molecule is CCC(C)(C)C1CCC(NC)C(SC(C)C(C)C)C1. The van der Waals surface area contributed by atoms with Gasteiger partial charge in [-0.2, -0.15) is 11.8 Å². The van der Waals surface area contributed by atoms with Crippen molar-refractivity contribution in [2.45, 2.75) is 83.8 Å². The Morgan fingerprint density at radius 3 is 2.32 bits per heavy atom. The fourth-order valence-electron chi connectivity index (χ4n) is 3.04. The first-order chi connectivity index (χ1) is 8.81. The largest absolute Gasteiger partial charge is 0.316 e. The van der Waals surface area contributed by atoms with Gasteiger partial charge in [0, 0.05) is 16.5 Å². The minimum Gasteiger partial charge on any atom is -0.316 e. The van der Waals surface area contributed by atoms with E-state index in [0.717, 1.165) is 28.4 Å². The van der Waals surface area contributed by atoms with Gasteiger partial charge in [-0.1, -0.05) is 48.0 Å². The van der Waals surface area contributed by atoms with Crippen molar-refractivity contribution in [2.75, 3.05) is 7.05 Å². The van der Waals surface area contributed by atoms with Crippen molar-refractivity contribution in [3.8, 4) is 0 Å². The third-order valence-corrected chi connectivity index (χ3v) is 7.35. The van der Waals surface area contributed by atoms with Crippen LogP contribution in [0.15, 0.2) is 0 Å². The molecule has 1 aliphatic rings. The van der Waals surface area contributed by atoms with Crippen molar-refractivity contribution in [1.29, 1.82) is 0 Å². The number of hydrogen-bond acceptors (Lipinski definition) is 2. The lowest BCUT2D eigenvalue weighted by Crippen LogP contribution is -2.44. The molecule has 1 rings (SSSR count). The zero-order chi connectivity index (χ0) is 14.6. The Kier molecular flexibility index (Phi) is 6.72. The molecular weight excluding hydrogens is 250 g/mol. The second-order valence-corrected chi connectivity index (χ2v) is 8.99. The van der Waals surface area contributed by atoms with E-state index in [1.807, 2.05) is 0 Å². The third kappa shape index (κ3) is 4.67. The number of hydrogen-bond donors (Lipinski definition) is 1. The van der Waals surface area contributed by atoms with E-state index in [-0.39, 0.29) is 0 Å². The van der Waals surface area contributed by atoms with Crippen molar-refractivity contribution in [1.82, 2.24) is 5.32 Å². The molecule has 0 saturated heterocycles. The molecule has 1 fully saturated rings. The lowest BCUT2D eigenvalue weighted by molar-refractivity contribution is 0.142. The van der Waals surface area contributed by atoms with Gasteiger partial charge in [0.05, 0.1) is 0 Å². The van der Waals surface area contributed by atoms with Crippen LogP contribution in [-0.4, -0.2) is 23.6 Å². The van der Waals surface area contributed by atoms with Gasteiger partial charge in [-0.3, -0.25) is 0 Å². The van der Waals surface area contributed by atoms with Crippen molar-refractivity contribution in [3.63, 3.8) is 0 Å². The summed E-state index contributed by atoms with van der Waals surface area (Å²) in [5, 5.41) is 5.13. The normalized spacial score (nSPS) is 30.6. The van der Waals surface area contributed by atoms with E-state index >= 15 is 0 Å². The average Bonchev–Trinajstić information content (AvgIpc) is 2.38. The Bertz CT molecular complexity index is 262. The summed E-state index contributed by atoms with van der Waals surface area (Å²) in [4.78, 5) is 0. The topological polar surface area (TPSA) is 12.0 Å². The van der Waals surface area contributed by atoms with Gasteiger partial charge in [-0.25, -0.2) is 0 Å². The molecule has 0 aromatic rings. The molecule has 0 bridgehead atoms. The molecule has 19 heavy (non-hydrogen) atoms. The highest BCUT2D eigenvalue weighted by molar-refractivity contribution is 8.00. The molecule has 1 saturated carbocycles. The zero-order valence-corrected chi connectivity index (χ0v) is 14.9. The lowest BCUT2D eigenvalue weighted by Gasteiger charge is -2.43. The van der Waals surface area contributed by atoms with Crippen LogP contribution >= 0.6 is 11.8 Å². The second kappa shape index (κ2) is 7.36. The van der Waals surface area contributed by atoms with Gasteiger partial charge in [0.1, 0.15) is 0 Å². The Balaban J connectivity index is 2.68. The summed E-state index contributed by atoms with van der Waals surface area (Å²) in [7, 11) is 2.14. The van der Waals surface area contributed by atoms with E-state index in [1.54, 1.807) is 0 Å². The average molecular weight is 286 g/mol. The van der Waals surface area contributed by atoms with Crippen LogP contribution in [0, 0.1) is 17.3 Å². The first-order valence-corrected chi connectivity index (χ1v) is 9.08. The molecule has 4 atom stereocenters. The van der Waals surface area contributed by atoms with Crippen molar-refractivity contribution in [3.05, 3.63) is 0 Å². The van der Waals surface area contributed by atoms with E-state index < -0.39 is 0 Å². The molecule has 0 spiro atoms. The predicted octanol–water partition coefficient (Wildman–Crippen LogP) is 4.96. The van der Waals surface area contributed by atoms with Crippen LogP contribution < -0.4 is 5.32 Å². The molecule has 4 unspecified atom stereocenters. The zero-order valence-electron chi connectivity index (χ0n) is 14.1. The number of rotatable bonds is 6. The third-order valence-electron chi connectivity index (χ3n) is 5.51. The van der Waals surface area contributed by atoms with Gasteiger partial charge in [-0.05, 0) is 43.6 Å². The van der Waals surface area contributed by atoms with E-state index in [0.29, 0.717) is 5.41 Å². The van der Waals surface area contributed by atoms with Gasteiger partial charge >= 0.3 is 0 Å². The standard InChI is InChI=1S/C17H35NS/c1-8-17(5,6)14-9-10-15(18-7)16(11-14)19-13(4)12(2)3/h12-16,18H,8-11H2,1-7H3. The van der Waals surface area contributed by atoms with Crippen LogP contribution in [0.25, 0.3) is 0 Å². The van der Waals surface area contributed by atoms with Gasteiger partial charge in [0.25, 0.3) is 0 Å². The summed E-state index contributed by atoms with van der Waals surface area (Å²) in [6, 6.07) is 0.718. The fraction of sp³-hybridized carbons (Fsp3) is 1.00. The number of nitrogens with one attached hydrogen (secondary N) is 1. The highest BCUT2D eigenvalue weighted by atomic mass is 32.2. The summed E-state index contributed by atoms with van der Waals surface area (Å²) in [6.45, 7) is 14.4. The Morgan fingerprint density at radius 1 is 1.21 bits per heavy atom. The van der Waals surface area contributed by atoms with Crippen LogP contribution in [0.3, 0.4) is 0 Å². The fourth-order valence-corrected chi connectivity index (χ4v) is 4.71. The van der Waals surface area contributed by atoms with Crippen molar-refractivity contribution < 1.29 is 0 Å². The predicted molar refractivity (Wildman–Crippen MR) is 89.9 cm³/mol. The van der Waals surface area contributed by atoms with Crippen LogP contribution in [0.4, 0.5) is 0 Å². The molecule has 0 heterocycles. The molecule has 1 nitrogen and oxygen atoms in total. The molecule has 0 amide bonds. The minimum atomic E-state index is 0.512. The van der Waals surface area contributed by atoms with E-state index in [9.17, 15) is 0 Å². The highest BCUT2D eigenvalue weighted by Crippen LogP contribution is 2.44. The van der Waals surface area contributed by atoms with Gasteiger partial charge < -0.3 is 5.32 Å². The Hall–Kier alpha value is 0.310. The summed E-state index contributed by atoms with van der Waals surface area (Å²) in [5.74, 6) is 1.68. The van der Waals surface area contributed by atoms with Crippen LogP contribution in [0.5, 0.6) is 0 Å². The maximum Gasteiger partial charge on any atom is 0.0206 e. The highest BCUT2D eigenvalue weighted by Gasteiger charge is 2.37. The monoisotopic (exact) mass is 285 g/mol. The van der Waals surface area contributed by atoms with E-state index in [4.69, 9.17) is 0 Å². The molecule has 114 valence electrons. The Labute approximate surface area is 125 Å². The molecule has 0 radical (unpaired) electrons. The van der Waals surface area contributed by atoms with Crippen LogP contribution in [-0.2, 0) is 0 Å². The molecule has 0 aromatic heterocycles. The summed E-state index contributed by atoms with van der Waals surface area (Å²) < 4.78 is 0. The molecule has 2 heteroatoms. The second-order valence-electron chi connectivity index (χ2n) is 7.37. The van der Waals surface area contributed by atoms with E-state index in [2.05, 4.69) is 65.7 Å². The summed E-state index contributed by atoms with van der Waals surface area (Å²) in [6.07, 6.45) is 5.46. The summed E-state index contributed by atoms with van der Waals surface area (Å²) in [5.41, 5.74) is 0.512. The smallest absolute Gasteiger partial charge is 0.0206 e. The molecule has 1 aliphatic carbocycles.